The van der Waals surface area contributed by atoms with Crippen LogP contribution in [0, 0.1) is 0 Å². The van der Waals surface area contributed by atoms with Gasteiger partial charge in [0.1, 0.15) is 0 Å². The maximum atomic E-state index is 5.22. The topological polar surface area (TPSA) is 24.5 Å². The first-order valence-corrected chi connectivity index (χ1v) is 7.31. The molecule has 2 atom stereocenters. The van der Waals surface area contributed by atoms with E-state index in [1.807, 2.05) is 0 Å². The van der Waals surface area contributed by atoms with Crippen LogP contribution in [0.15, 0.2) is 0 Å². The van der Waals surface area contributed by atoms with Crippen molar-refractivity contribution < 1.29 is 4.74 Å². The van der Waals surface area contributed by atoms with Crippen LogP contribution in [0.4, 0.5) is 0 Å². The van der Waals surface area contributed by atoms with Crippen LogP contribution in [0.2, 0.25) is 0 Å². The average Bonchev–Trinajstić information content (AvgIpc) is 2.27. The van der Waals surface area contributed by atoms with Gasteiger partial charge in [-0.05, 0) is 54.0 Å². The molecule has 3 heteroatoms. The predicted molar refractivity (Wildman–Crippen MR) is 80.2 cm³/mol. The Morgan fingerprint density at radius 2 is 1.78 bits per heavy atom. The minimum absolute atomic E-state index is 0.216. The van der Waals surface area contributed by atoms with Crippen LogP contribution < -0.4 is 5.32 Å². The number of ether oxygens (including phenoxy) is 1. The molecule has 0 saturated heterocycles. The lowest BCUT2D eigenvalue weighted by atomic mass is 10.1. The normalized spacial score (nSPS) is 16.0. The Bertz CT molecular complexity index is 201. The molecule has 2 unspecified atom stereocenters. The molecule has 0 fully saturated rings. The van der Waals surface area contributed by atoms with Crippen LogP contribution in [0.25, 0.3) is 0 Å². The molecule has 0 aliphatic heterocycles. The summed E-state index contributed by atoms with van der Waals surface area (Å²) in [5, 5.41) is 3.56. The highest BCUT2D eigenvalue weighted by Gasteiger charge is 2.19. The van der Waals surface area contributed by atoms with Gasteiger partial charge in [-0.15, -0.1) is 0 Å². The first-order chi connectivity index (χ1) is 8.31. The predicted octanol–water partition coefficient (Wildman–Crippen LogP) is 2.90. The van der Waals surface area contributed by atoms with Crippen molar-refractivity contribution in [2.45, 2.75) is 72.0 Å². The van der Waals surface area contributed by atoms with E-state index in [1.165, 1.54) is 12.8 Å². The van der Waals surface area contributed by atoms with Gasteiger partial charge in [0.2, 0.25) is 0 Å². The van der Waals surface area contributed by atoms with Gasteiger partial charge in [0.15, 0.2) is 0 Å². The molecular formula is C15H34N2O. The maximum Gasteiger partial charge on any atom is 0.0589 e. The average molecular weight is 258 g/mol. The zero-order valence-electron chi connectivity index (χ0n) is 13.5. The van der Waals surface area contributed by atoms with E-state index in [2.05, 4.69) is 51.8 Å². The Morgan fingerprint density at radius 3 is 2.22 bits per heavy atom. The van der Waals surface area contributed by atoms with Crippen molar-refractivity contribution >= 4 is 0 Å². The molecule has 0 aromatic heterocycles. The van der Waals surface area contributed by atoms with Crippen LogP contribution in [-0.2, 0) is 4.74 Å². The van der Waals surface area contributed by atoms with Crippen LogP contribution >= 0.6 is 0 Å². The Morgan fingerprint density at radius 1 is 1.17 bits per heavy atom. The van der Waals surface area contributed by atoms with Crippen LogP contribution in [-0.4, -0.2) is 49.3 Å². The summed E-state index contributed by atoms with van der Waals surface area (Å²) in [6.07, 6.45) is 2.38. The quantitative estimate of drug-likeness (QED) is 0.688. The third kappa shape index (κ3) is 8.06. The molecule has 18 heavy (non-hydrogen) atoms. The number of hydrogen-bond acceptors (Lipinski definition) is 3. The van der Waals surface area contributed by atoms with Crippen molar-refractivity contribution in [3.8, 4) is 0 Å². The molecule has 0 aliphatic carbocycles. The fourth-order valence-electron chi connectivity index (χ4n) is 2.13. The first kappa shape index (κ1) is 17.9. The van der Waals surface area contributed by atoms with E-state index >= 15 is 0 Å². The van der Waals surface area contributed by atoms with E-state index in [-0.39, 0.29) is 5.54 Å². The van der Waals surface area contributed by atoms with Gasteiger partial charge in [0, 0.05) is 31.3 Å². The van der Waals surface area contributed by atoms with Crippen molar-refractivity contribution in [3.05, 3.63) is 0 Å². The lowest BCUT2D eigenvalue weighted by Crippen LogP contribution is -2.44. The summed E-state index contributed by atoms with van der Waals surface area (Å²) in [5.41, 5.74) is 0.216. The van der Waals surface area contributed by atoms with Crippen LogP contribution in [0.5, 0.6) is 0 Å². The molecule has 1 N–H and O–H groups in total. The molecule has 0 amide bonds. The van der Waals surface area contributed by atoms with Crippen molar-refractivity contribution in [2.75, 3.05) is 26.8 Å². The van der Waals surface area contributed by atoms with E-state index in [0.717, 1.165) is 19.7 Å². The summed E-state index contributed by atoms with van der Waals surface area (Å²) in [4.78, 5) is 2.56. The van der Waals surface area contributed by atoms with Crippen molar-refractivity contribution in [2.24, 2.45) is 0 Å². The van der Waals surface area contributed by atoms with Crippen molar-refractivity contribution in [1.82, 2.24) is 10.2 Å². The number of methoxy groups -OCH3 is 1. The lowest BCUT2D eigenvalue weighted by molar-refractivity contribution is 0.0900. The highest BCUT2D eigenvalue weighted by Crippen LogP contribution is 2.11. The molecule has 0 bridgehead atoms. The Kier molecular flexibility index (Phi) is 8.83. The van der Waals surface area contributed by atoms with E-state index in [0.29, 0.717) is 12.1 Å². The molecule has 3 nitrogen and oxygen atoms in total. The summed E-state index contributed by atoms with van der Waals surface area (Å²) in [5.74, 6) is 0. The highest BCUT2D eigenvalue weighted by molar-refractivity contribution is 4.76. The summed E-state index contributed by atoms with van der Waals surface area (Å²) in [7, 11) is 1.78. The molecule has 0 aromatic rings. The third-order valence-electron chi connectivity index (χ3n) is 3.49. The fourth-order valence-corrected chi connectivity index (χ4v) is 2.13. The van der Waals surface area contributed by atoms with Gasteiger partial charge in [-0.25, -0.2) is 0 Å². The molecule has 0 rings (SSSR count). The summed E-state index contributed by atoms with van der Waals surface area (Å²) in [6.45, 7) is 16.5. The van der Waals surface area contributed by atoms with Gasteiger partial charge in [0.25, 0.3) is 0 Å². The minimum atomic E-state index is 0.216. The molecular weight excluding hydrogens is 224 g/mol. The molecule has 0 saturated carbocycles. The summed E-state index contributed by atoms with van der Waals surface area (Å²) >= 11 is 0. The van der Waals surface area contributed by atoms with E-state index < -0.39 is 0 Å². The molecule has 0 radical (unpaired) electrons. The summed E-state index contributed by atoms with van der Waals surface area (Å²) in [6, 6.07) is 1.23. The van der Waals surface area contributed by atoms with E-state index in [9.17, 15) is 0 Å². The monoisotopic (exact) mass is 258 g/mol. The zero-order chi connectivity index (χ0) is 14.2. The van der Waals surface area contributed by atoms with Crippen LogP contribution in [0.3, 0.4) is 0 Å². The van der Waals surface area contributed by atoms with Gasteiger partial charge in [-0.3, -0.25) is 4.90 Å². The molecule has 0 heterocycles. The lowest BCUT2D eigenvalue weighted by Gasteiger charge is -2.34. The second kappa shape index (κ2) is 8.89. The molecule has 110 valence electrons. The van der Waals surface area contributed by atoms with Crippen LogP contribution in [0.1, 0.15) is 54.4 Å². The maximum absolute atomic E-state index is 5.22. The van der Waals surface area contributed by atoms with Gasteiger partial charge in [0.05, 0.1) is 6.61 Å². The molecule has 0 aromatic carbocycles. The SMILES string of the molecule is CCC(C)N(CCOC)C(C)CCNC(C)(C)C. The number of rotatable bonds is 9. The van der Waals surface area contributed by atoms with Crippen molar-refractivity contribution in [3.63, 3.8) is 0 Å². The molecule has 0 aliphatic rings. The highest BCUT2D eigenvalue weighted by atomic mass is 16.5. The standard InChI is InChI=1S/C15H34N2O/c1-8-13(2)17(11-12-18-7)14(3)9-10-16-15(4,5)6/h13-14,16H,8-12H2,1-7H3. The number of hydrogen-bond donors (Lipinski definition) is 1. The first-order valence-electron chi connectivity index (χ1n) is 7.31. The van der Waals surface area contributed by atoms with E-state index in [1.54, 1.807) is 7.11 Å². The number of nitrogens with one attached hydrogen (secondary N) is 1. The Hall–Kier alpha value is -0.120. The fraction of sp³-hybridized carbons (Fsp3) is 1.00. The third-order valence-corrected chi connectivity index (χ3v) is 3.49. The zero-order valence-corrected chi connectivity index (χ0v) is 13.5. The Balaban J connectivity index is 4.15. The van der Waals surface area contributed by atoms with Gasteiger partial charge in [-0.2, -0.15) is 0 Å². The minimum Gasteiger partial charge on any atom is -0.383 e. The number of nitrogens with zero attached hydrogens (tertiary/aromatic N) is 1. The molecule has 0 spiro atoms. The summed E-state index contributed by atoms with van der Waals surface area (Å²) < 4.78 is 5.22. The Labute approximate surface area is 114 Å². The second-order valence-electron chi connectivity index (χ2n) is 6.30. The van der Waals surface area contributed by atoms with E-state index in [4.69, 9.17) is 4.74 Å². The van der Waals surface area contributed by atoms with Gasteiger partial charge in [-0.1, -0.05) is 6.92 Å². The van der Waals surface area contributed by atoms with Gasteiger partial charge < -0.3 is 10.1 Å². The van der Waals surface area contributed by atoms with Crippen molar-refractivity contribution in [1.29, 1.82) is 0 Å². The second-order valence-corrected chi connectivity index (χ2v) is 6.30. The smallest absolute Gasteiger partial charge is 0.0589 e. The van der Waals surface area contributed by atoms with Gasteiger partial charge >= 0.3 is 0 Å². The largest absolute Gasteiger partial charge is 0.383 e.